The van der Waals surface area contributed by atoms with Gasteiger partial charge in [-0.25, -0.2) is 4.39 Å². The molecule has 27 heavy (non-hydrogen) atoms. The average molecular weight is 376 g/mol. The highest BCUT2D eigenvalue weighted by molar-refractivity contribution is 5.92. The summed E-state index contributed by atoms with van der Waals surface area (Å²) in [5, 5.41) is 2.83. The van der Waals surface area contributed by atoms with E-state index >= 15 is 0 Å². The monoisotopic (exact) mass is 376 g/mol. The highest BCUT2D eigenvalue weighted by atomic mass is 19.1. The molecule has 6 nitrogen and oxygen atoms in total. The average Bonchev–Trinajstić information content (AvgIpc) is 3.37. The molecule has 1 spiro atoms. The van der Waals surface area contributed by atoms with Crippen molar-refractivity contribution in [2.75, 3.05) is 32.8 Å². The summed E-state index contributed by atoms with van der Waals surface area (Å²) in [5.41, 5.74) is 0.583. The lowest BCUT2D eigenvalue weighted by Crippen LogP contribution is -2.48. The van der Waals surface area contributed by atoms with Crippen LogP contribution in [-0.4, -0.2) is 55.3 Å². The van der Waals surface area contributed by atoms with Gasteiger partial charge in [0.1, 0.15) is 5.82 Å². The summed E-state index contributed by atoms with van der Waals surface area (Å²) in [6, 6.07) is 6.55. The molecular formula is C20H25FN2O4. The number of ether oxygens (including phenoxy) is 2. The SMILES string of the molecule is O=C(NCCc1ccccc1F)C1CC1C(=O)N1CCC2(CC1)OCCO2. The van der Waals surface area contributed by atoms with Crippen LogP contribution in [0.1, 0.15) is 24.8 Å². The smallest absolute Gasteiger partial charge is 0.226 e. The van der Waals surface area contributed by atoms with Crippen molar-refractivity contribution in [1.82, 2.24) is 10.2 Å². The first kappa shape index (κ1) is 18.4. The van der Waals surface area contributed by atoms with E-state index in [1.54, 1.807) is 18.2 Å². The number of benzene rings is 1. The minimum Gasteiger partial charge on any atom is -0.356 e. The second-order valence-electron chi connectivity index (χ2n) is 7.51. The van der Waals surface area contributed by atoms with Gasteiger partial charge in [0, 0.05) is 32.5 Å². The zero-order valence-corrected chi connectivity index (χ0v) is 15.3. The lowest BCUT2D eigenvalue weighted by molar-refractivity contribution is -0.187. The zero-order chi connectivity index (χ0) is 18.9. The van der Waals surface area contributed by atoms with Crippen LogP contribution in [0.4, 0.5) is 4.39 Å². The molecule has 146 valence electrons. The summed E-state index contributed by atoms with van der Waals surface area (Å²) in [6.07, 6.45) is 2.41. The number of hydrogen-bond donors (Lipinski definition) is 1. The third-order valence-electron chi connectivity index (χ3n) is 5.75. The highest BCUT2D eigenvalue weighted by Gasteiger charge is 2.51. The molecule has 3 fully saturated rings. The Morgan fingerprint density at radius 1 is 1.15 bits per heavy atom. The number of piperidine rings is 1. The summed E-state index contributed by atoms with van der Waals surface area (Å²) < 4.78 is 25.0. The van der Waals surface area contributed by atoms with Crippen LogP contribution in [0.5, 0.6) is 0 Å². The number of carbonyl (C=O) groups excluding carboxylic acids is 2. The highest BCUT2D eigenvalue weighted by Crippen LogP contribution is 2.41. The van der Waals surface area contributed by atoms with Gasteiger partial charge in [-0.15, -0.1) is 0 Å². The van der Waals surface area contributed by atoms with E-state index < -0.39 is 5.79 Å². The summed E-state index contributed by atoms with van der Waals surface area (Å²) in [4.78, 5) is 26.7. The van der Waals surface area contributed by atoms with E-state index in [4.69, 9.17) is 9.47 Å². The fraction of sp³-hybridized carbons (Fsp3) is 0.600. The molecule has 1 N–H and O–H groups in total. The van der Waals surface area contributed by atoms with Crippen LogP contribution in [0.15, 0.2) is 24.3 Å². The van der Waals surface area contributed by atoms with Crippen molar-refractivity contribution in [2.24, 2.45) is 11.8 Å². The Morgan fingerprint density at radius 3 is 2.56 bits per heavy atom. The lowest BCUT2D eigenvalue weighted by Gasteiger charge is -2.37. The van der Waals surface area contributed by atoms with Gasteiger partial charge in [0.2, 0.25) is 11.8 Å². The van der Waals surface area contributed by atoms with Crippen molar-refractivity contribution in [3.63, 3.8) is 0 Å². The van der Waals surface area contributed by atoms with Gasteiger partial charge >= 0.3 is 0 Å². The van der Waals surface area contributed by atoms with Crippen molar-refractivity contribution in [1.29, 1.82) is 0 Å². The third-order valence-corrected chi connectivity index (χ3v) is 5.75. The normalized spacial score (nSPS) is 26.2. The Morgan fingerprint density at radius 2 is 1.85 bits per heavy atom. The maximum atomic E-state index is 13.6. The summed E-state index contributed by atoms with van der Waals surface area (Å²) in [6.45, 7) is 2.82. The lowest BCUT2D eigenvalue weighted by atomic mass is 10.0. The number of nitrogens with one attached hydrogen (secondary N) is 1. The van der Waals surface area contributed by atoms with E-state index in [9.17, 15) is 14.0 Å². The van der Waals surface area contributed by atoms with Crippen molar-refractivity contribution in [3.8, 4) is 0 Å². The Bertz CT molecular complexity index is 710. The Hall–Kier alpha value is -1.99. The number of amides is 2. The largest absolute Gasteiger partial charge is 0.356 e. The van der Waals surface area contributed by atoms with Gasteiger partial charge < -0.3 is 19.7 Å². The number of likely N-dealkylation sites (tertiary alicyclic amines) is 1. The van der Waals surface area contributed by atoms with Gasteiger partial charge in [-0.05, 0) is 24.5 Å². The van der Waals surface area contributed by atoms with Gasteiger partial charge in [0.15, 0.2) is 5.79 Å². The van der Waals surface area contributed by atoms with Crippen LogP contribution in [0.3, 0.4) is 0 Å². The molecule has 4 rings (SSSR count). The van der Waals surface area contributed by atoms with E-state index in [0.717, 1.165) is 0 Å². The summed E-state index contributed by atoms with van der Waals surface area (Å²) >= 11 is 0. The van der Waals surface area contributed by atoms with Crippen molar-refractivity contribution >= 4 is 11.8 Å². The Balaban J connectivity index is 1.20. The maximum absolute atomic E-state index is 13.6. The van der Waals surface area contributed by atoms with Crippen LogP contribution < -0.4 is 5.32 Å². The molecule has 2 saturated heterocycles. The molecule has 1 aromatic rings. The third kappa shape index (κ3) is 3.99. The van der Waals surface area contributed by atoms with Crippen LogP contribution in [0, 0.1) is 17.7 Å². The van der Waals surface area contributed by atoms with Crippen molar-refractivity contribution < 1.29 is 23.5 Å². The number of carbonyl (C=O) groups is 2. The second kappa shape index (κ2) is 7.56. The first-order valence-corrected chi connectivity index (χ1v) is 9.66. The molecule has 1 aromatic carbocycles. The molecule has 0 aromatic heterocycles. The second-order valence-corrected chi connectivity index (χ2v) is 7.51. The summed E-state index contributed by atoms with van der Waals surface area (Å²) in [7, 11) is 0. The fourth-order valence-electron chi connectivity index (χ4n) is 4.00. The molecule has 2 unspecified atom stereocenters. The molecule has 1 aliphatic carbocycles. The van der Waals surface area contributed by atoms with Crippen molar-refractivity contribution in [2.45, 2.75) is 31.5 Å². The topological polar surface area (TPSA) is 67.9 Å². The number of hydrogen-bond acceptors (Lipinski definition) is 4. The van der Waals surface area contributed by atoms with Gasteiger partial charge in [0.25, 0.3) is 0 Å². The number of nitrogens with zero attached hydrogens (tertiary/aromatic N) is 1. The molecule has 2 aliphatic heterocycles. The summed E-state index contributed by atoms with van der Waals surface area (Å²) in [5.74, 6) is -1.29. The molecule has 0 bridgehead atoms. The van der Waals surface area contributed by atoms with Gasteiger partial charge in [-0.1, -0.05) is 18.2 Å². The predicted molar refractivity (Wildman–Crippen MR) is 95.2 cm³/mol. The minimum atomic E-state index is -0.496. The fourth-order valence-corrected chi connectivity index (χ4v) is 4.00. The van der Waals surface area contributed by atoms with Gasteiger partial charge in [-0.3, -0.25) is 9.59 Å². The standard InChI is InChI=1S/C20H25FN2O4/c21-17-4-2-1-3-14(17)5-8-22-18(24)15-13-16(15)19(25)23-9-6-20(7-10-23)26-11-12-27-20/h1-4,15-16H,5-13H2,(H,22,24). The zero-order valence-electron chi connectivity index (χ0n) is 15.3. The first-order valence-electron chi connectivity index (χ1n) is 9.66. The van der Waals surface area contributed by atoms with E-state index in [1.165, 1.54) is 6.07 Å². The van der Waals surface area contributed by atoms with E-state index in [0.29, 0.717) is 64.1 Å². The molecular weight excluding hydrogens is 351 g/mol. The Kier molecular flexibility index (Phi) is 5.14. The first-order chi connectivity index (χ1) is 13.1. The van der Waals surface area contributed by atoms with Gasteiger partial charge in [0.05, 0.1) is 25.0 Å². The van der Waals surface area contributed by atoms with E-state index in [1.807, 2.05) is 4.90 Å². The quantitative estimate of drug-likeness (QED) is 0.845. The molecule has 7 heteroatoms. The molecule has 0 radical (unpaired) electrons. The number of halogens is 1. The van der Waals surface area contributed by atoms with Crippen LogP contribution in [-0.2, 0) is 25.5 Å². The molecule has 3 aliphatic rings. The minimum absolute atomic E-state index is 0.0529. The van der Waals surface area contributed by atoms with Crippen LogP contribution in [0.2, 0.25) is 0 Å². The van der Waals surface area contributed by atoms with Crippen LogP contribution >= 0.6 is 0 Å². The van der Waals surface area contributed by atoms with E-state index in [2.05, 4.69) is 5.32 Å². The van der Waals surface area contributed by atoms with Crippen molar-refractivity contribution in [3.05, 3.63) is 35.6 Å². The van der Waals surface area contributed by atoms with Crippen LogP contribution in [0.25, 0.3) is 0 Å². The molecule has 2 atom stereocenters. The molecule has 2 amide bonds. The molecule has 2 heterocycles. The van der Waals surface area contributed by atoms with Gasteiger partial charge in [-0.2, -0.15) is 0 Å². The molecule has 1 saturated carbocycles. The number of rotatable bonds is 5. The predicted octanol–water partition coefficient (Wildman–Crippen LogP) is 1.49. The van der Waals surface area contributed by atoms with E-state index in [-0.39, 0.29) is 29.5 Å². The Labute approximate surface area is 158 Å². The maximum Gasteiger partial charge on any atom is 0.226 e.